The molecule has 5 nitrogen and oxygen atoms in total. The second-order valence-electron chi connectivity index (χ2n) is 4.83. The molecule has 1 fully saturated rings. The first-order valence-electron chi connectivity index (χ1n) is 6.83. The van der Waals surface area contributed by atoms with Crippen LogP contribution in [0.5, 0.6) is 5.88 Å². The number of nitrogen functional groups attached to an aromatic ring is 1. The number of nitrogens with two attached hydrogens (primary N) is 1. The van der Waals surface area contributed by atoms with E-state index in [-0.39, 0.29) is 6.10 Å². The molecule has 0 radical (unpaired) electrons. The standard InChI is InChI=1S/C13H22N4OS/c1-3-9-6-4-5-7-10(9)18-12-8-11(17-14)15-13(16-12)19-2/h8-10H,3-7,14H2,1-2H3,(H,15,16,17). The van der Waals surface area contributed by atoms with E-state index in [2.05, 4.69) is 22.3 Å². The molecule has 0 bridgehead atoms. The molecule has 1 aromatic rings. The number of nitrogens with zero attached hydrogens (tertiary/aromatic N) is 2. The molecule has 106 valence electrons. The van der Waals surface area contributed by atoms with Crippen LogP contribution in [0.2, 0.25) is 0 Å². The molecule has 1 aliphatic carbocycles. The molecule has 0 saturated heterocycles. The SMILES string of the molecule is CCC1CCCCC1Oc1cc(NN)nc(SC)n1. The van der Waals surface area contributed by atoms with Gasteiger partial charge in [-0.25, -0.2) is 10.8 Å². The van der Waals surface area contributed by atoms with E-state index < -0.39 is 0 Å². The zero-order valence-corrected chi connectivity index (χ0v) is 12.4. The molecule has 2 atom stereocenters. The van der Waals surface area contributed by atoms with Crippen molar-refractivity contribution in [3.05, 3.63) is 6.07 Å². The Hall–Kier alpha value is -1.01. The van der Waals surface area contributed by atoms with Gasteiger partial charge in [0.1, 0.15) is 11.9 Å². The Morgan fingerprint density at radius 2 is 2.21 bits per heavy atom. The molecule has 19 heavy (non-hydrogen) atoms. The van der Waals surface area contributed by atoms with E-state index in [1.165, 1.54) is 31.0 Å². The van der Waals surface area contributed by atoms with Crippen LogP contribution in [0.1, 0.15) is 39.0 Å². The van der Waals surface area contributed by atoms with Crippen LogP contribution >= 0.6 is 11.8 Å². The molecule has 1 aliphatic rings. The summed E-state index contributed by atoms with van der Waals surface area (Å²) in [6.07, 6.45) is 8.29. The van der Waals surface area contributed by atoms with Crippen molar-refractivity contribution in [3.63, 3.8) is 0 Å². The summed E-state index contributed by atoms with van der Waals surface area (Å²) in [5, 5.41) is 0.675. The maximum atomic E-state index is 6.08. The van der Waals surface area contributed by atoms with E-state index in [4.69, 9.17) is 10.6 Å². The van der Waals surface area contributed by atoms with Crippen molar-refractivity contribution in [2.24, 2.45) is 11.8 Å². The van der Waals surface area contributed by atoms with E-state index in [1.54, 1.807) is 6.07 Å². The summed E-state index contributed by atoms with van der Waals surface area (Å²) >= 11 is 1.48. The van der Waals surface area contributed by atoms with E-state index in [1.807, 2.05) is 6.26 Å². The number of hydrazine groups is 1. The van der Waals surface area contributed by atoms with E-state index in [9.17, 15) is 0 Å². The Morgan fingerprint density at radius 3 is 2.89 bits per heavy atom. The minimum atomic E-state index is 0.272. The highest BCUT2D eigenvalue weighted by Crippen LogP contribution is 2.30. The summed E-state index contributed by atoms with van der Waals surface area (Å²) in [5.41, 5.74) is 2.56. The van der Waals surface area contributed by atoms with Crippen molar-refractivity contribution < 1.29 is 4.74 Å². The van der Waals surface area contributed by atoms with Gasteiger partial charge >= 0.3 is 0 Å². The summed E-state index contributed by atoms with van der Waals surface area (Å²) in [6.45, 7) is 2.23. The monoisotopic (exact) mass is 282 g/mol. The Morgan fingerprint density at radius 1 is 1.42 bits per heavy atom. The van der Waals surface area contributed by atoms with Crippen LogP contribution in [0.4, 0.5) is 5.82 Å². The number of aromatic nitrogens is 2. The van der Waals surface area contributed by atoms with E-state index >= 15 is 0 Å². The normalized spacial score (nSPS) is 23.1. The molecular weight excluding hydrogens is 260 g/mol. The summed E-state index contributed by atoms with van der Waals surface area (Å²) in [4.78, 5) is 8.64. The lowest BCUT2D eigenvalue weighted by molar-refractivity contribution is 0.0851. The second-order valence-corrected chi connectivity index (χ2v) is 5.60. The van der Waals surface area contributed by atoms with Crippen LogP contribution in [0.15, 0.2) is 11.2 Å². The molecule has 0 aromatic carbocycles. The molecule has 0 amide bonds. The molecule has 0 aliphatic heterocycles. The van der Waals surface area contributed by atoms with Crippen molar-refractivity contribution in [2.75, 3.05) is 11.7 Å². The maximum absolute atomic E-state index is 6.08. The lowest BCUT2D eigenvalue weighted by Crippen LogP contribution is -2.30. The van der Waals surface area contributed by atoms with Crippen LogP contribution < -0.4 is 16.0 Å². The fourth-order valence-electron chi connectivity index (χ4n) is 2.58. The van der Waals surface area contributed by atoms with Gasteiger partial charge in [0.15, 0.2) is 5.16 Å². The molecule has 1 aromatic heterocycles. The maximum Gasteiger partial charge on any atom is 0.219 e. The minimum Gasteiger partial charge on any atom is -0.474 e. The van der Waals surface area contributed by atoms with Gasteiger partial charge in [0.2, 0.25) is 5.88 Å². The summed E-state index contributed by atoms with van der Waals surface area (Å²) in [7, 11) is 0. The molecule has 1 saturated carbocycles. The van der Waals surface area contributed by atoms with E-state index in [0.29, 0.717) is 22.8 Å². The van der Waals surface area contributed by atoms with Crippen molar-refractivity contribution >= 4 is 17.6 Å². The van der Waals surface area contributed by atoms with Crippen LogP contribution in [-0.4, -0.2) is 22.3 Å². The Bertz CT molecular complexity index is 393. The van der Waals surface area contributed by atoms with E-state index in [0.717, 1.165) is 12.8 Å². The highest BCUT2D eigenvalue weighted by atomic mass is 32.2. The number of ether oxygens (including phenoxy) is 1. The Kier molecular flexibility index (Phi) is 5.27. The quantitative estimate of drug-likeness (QED) is 0.374. The Labute approximate surface area is 118 Å². The molecule has 3 N–H and O–H groups in total. The van der Waals surface area contributed by atoms with Crippen molar-refractivity contribution in [1.82, 2.24) is 9.97 Å². The van der Waals surface area contributed by atoms with Crippen molar-refractivity contribution in [2.45, 2.75) is 50.3 Å². The molecular formula is C13H22N4OS. The molecule has 2 rings (SSSR count). The average molecular weight is 282 g/mol. The number of anilines is 1. The summed E-state index contributed by atoms with van der Waals surface area (Å²) < 4.78 is 6.08. The summed E-state index contributed by atoms with van der Waals surface area (Å²) in [6, 6.07) is 1.76. The van der Waals surface area contributed by atoms with Gasteiger partial charge in [-0.15, -0.1) is 0 Å². The lowest BCUT2D eigenvalue weighted by atomic mass is 9.85. The fourth-order valence-corrected chi connectivity index (χ4v) is 2.95. The third kappa shape index (κ3) is 3.73. The zero-order valence-electron chi connectivity index (χ0n) is 11.6. The molecule has 1 heterocycles. The number of rotatable bonds is 5. The van der Waals surface area contributed by atoms with Gasteiger partial charge in [-0.3, -0.25) is 0 Å². The van der Waals surface area contributed by atoms with Crippen LogP contribution in [0.25, 0.3) is 0 Å². The largest absolute Gasteiger partial charge is 0.474 e. The van der Waals surface area contributed by atoms with Gasteiger partial charge in [-0.1, -0.05) is 25.1 Å². The lowest BCUT2D eigenvalue weighted by Gasteiger charge is -2.30. The first-order valence-corrected chi connectivity index (χ1v) is 8.05. The molecule has 2 unspecified atom stereocenters. The topological polar surface area (TPSA) is 73.1 Å². The molecule has 6 heteroatoms. The van der Waals surface area contributed by atoms with Gasteiger partial charge in [-0.2, -0.15) is 4.98 Å². The minimum absolute atomic E-state index is 0.272. The number of nitrogens with one attached hydrogen (secondary N) is 1. The number of hydrogen-bond acceptors (Lipinski definition) is 6. The second kappa shape index (κ2) is 6.96. The van der Waals surface area contributed by atoms with Crippen LogP contribution in [0.3, 0.4) is 0 Å². The van der Waals surface area contributed by atoms with Crippen LogP contribution in [-0.2, 0) is 0 Å². The van der Waals surface area contributed by atoms with Crippen LogP contribution in [0, 0.1) is 5.92 Å². The van der Waals surface area contributed by atoms with Gasteiger partial charge in [0.05, 0.1) is 0 Å². The third-order valence-electron chi connectivity index (χ3n) is 3.65. The smallest absolute Gasteiger partial charge is 0.219 e. The van der Waals surface area contributed by atoms with Gasteiger partial charge in [0, 0.05) is 6.07 Å². The van der Waals surface area contributed by atoms with Crippen molar-refractivity contribution in [3.8, 4) is 5.88 Å². The van der Waals surface area contributed by atoms with Crippen molar-refractivity contribution in [1.29, 1.82) is 0 Å². The first-order chi connectivity index (χ1) is 9.26. The van der Waals surface area contributed by atoms with Gasteiger partial charge in [-0.05, 0) is 37.9 Å². The fraction of sp³-hybridized carbons (Fsp3) is 0.692. The van der Waals surface area contributed by atoms with Gasteiger partial charge in [0.25, 0.3) is 0 Å². The highest BCUT2D eigenvalue weighted by molar-refractivity contribution is 7.98. The number of hydrogen-bond donors (Lipinski definition) is 2. The number of thioether (sulfide) groups is 1. The molecule has 0 spiro atoms. The Balaban J connectivity index is 2.12. The predicted octanol–water partition coefficient (Wildman–Crippen LogP) is 2.83. The van der Waals surface area contributed by atoms with Gasteiger partial charge < -0.3 is 10.2 Å². The first kappa shape index (κ1) is 14.4. The average Bonchev–Trinajstić information content (AvgIpc) is 2.47. The summed E-state index contributed by atoms with van der Waals surface area (Å²) in [5.74, 6) is 7.28. The zero-order chi connectivity index (χ0) is 13.7. The third-order valence-corrected chi connectivity index (χ3v) is 4.20. The highest BCUT2D eigenvalue weighted by Gasteiger charge is 2.25. The predicted molar refractivity (Wildman–Crippen MR) is 78.3 cm³/mol.